The number of nitrogens with zero attached hydrogens (tertiary/aromatic N) is 2. The molecular weight excluding hydrogens is 336 g/mol. The molecule has 1 saturated carbocycles. The molecule has 3 atom stereocenters. The first-order chi connectivity index (χ1) is 12.6. The maximum atomic E-state index is 13.1. The normalized spacial score (nSPS) is 32.6. The fourth-order valence-corrected chi connectivity index (χ4v) is 4.64. The van der Waals surface area contributed by atoms with Gasteiger partial charge in [-0.25, -0.2) is 0 Å². The number of furan rings is 1. The molecule has 0 bridgehead atoms. The molecule has 144 valence electrons. The summed E-state index contributed by atoms with van der Waals surface area (Å²) in [4.78, 5) is 17.2. The molecule has 7 nitrogen and oxygen atoms in total. The van der Waals surface area contributed by atoms with E-state index in [0.717, 1.165) is 51.3 Å². The van der Waals surface area contributed by atoms with Gasteiger partial charge in [0.2, 0.25) is 0 Å². The molecule has 0 spiro atoms. The van der Waals surface area contributed by atoms with Crippen LogP contribution in [0.15, 0.2) is 16.7 Å². The largest absolute Gasteiger partial charge is 0.467 e. The number of methoxy groups -OCH3 is 1. The molecule has 1 aliphatic carbocycles. The second-order valence-corrected chi connectivity index (χ2v) is 7.65. The fraction of sp³-hybridized carbons (Fsp3) is 0.737. The van der Waals surface area contributed by atoms with E-state index in [-0.39, 0.29) is 23.7 Å². The minimum atomic E-state index is -0.363. The number of rotatable bonds is 4. The molecular formula is C19H28N2O5. The zero-order chi connectivity index (χ0) is 18.1. The van der Waals surface area contributed by atoms with Gasteiger partial charge in [-0.05, 0) is 31.7 Å². The van der Waals surface area contributed by atoms with Crippen molar-refractivity contribution in [3.8, 4) is 0 Å². The number of amides is 1. The highest BCUT2D eigenvalue weighted by Crippen LogP contribution is 2.43. The van der Waals surface area contributed by atoms with Gasteiger partial charge in [-0.3, -0.25) is 9.69 Å². The van der Waals surface area contributed by atoms with E-state index < -0.39 is 0 Å². The van der Waals surface area contributed by atoms with Crippen LogP contribution in [-0.4, -0.2) is 78.5 Å². The first-order valence-corrected chi connectivity index (χ1v) is 9.53. The summed E-state index contributed by atoms with van der Waals surface area (Å²) in [5.41, 5.74) is 0.273. The number of aliphatic hydroxyl groups excluding tert-OH is 1. The van der Waals surface area contributed by atoms with Crippen LogP contribution >= 0.6 is 0 Å². The molecule has 3 aliphatic rings. The Kier molecular flexibility index (Phi) is 5.05. The lowest BCUT2D eigenvalue weighted by Gasteiger charge is -2.42. The summed E-state index contributed by atoms with van der Waals surface area (Å²) in [6.45, 7) is 4.60. The molecule has 7 heteroatoms. The third-order valence-corrected chi connectivity index (χ3v) is 6.21. The predicted octanol–water partition coefficient (Wildman–Crippen LogP) is 1.26. The summed E-state index contributed by atoms with van der Waals surface area (Å²) >= 11 is 0. The monoisotopic (exact) mass is 364 g/mol. The third-order valence-electron chi connectivity index (χ3n) is 6.21. The number of fused-ring (bicyclic) bond motifs is 1. The SMILES string of the molecule is CO[C@@]12CC[C@H](O)C[C@@H]1N(C(=O)c1coc(CN3CCOCC3)c1)CC2. The molecule has 3 fully saturated rings. The molecule has 1 N–H and O–H groups in total. The van der Waals surface area contributed by atoms with Gasteiger partial charge >= 0.3 is 0 Å². The van der Waals surface area contributed by atoms with E-state index in [1.54, 1.807) is 13.4 Å². The maximum absolute atomic E-state index is 13.1. The van der Waals surface area contributed by atoms with Crippen molar-refractivity contribution in [3.05, 3.63) is 23.7 Å². The Morgan fingerprint density at radius 1 is 1.35 bits per heavy atom. The van der Waals surface area contributed by atoms with E-state index in [1.807, 2.05) is 11.0 Å². The molecule has 26 heavy (non-hydrogen) atoms. The van der Waals surface area contributed by atoms with Crippen LogP contribution in [0.25, 0.3) is 0 Å². The topological polar surface area (TPSA) is 75.4 Å². The molecule has 0 radical (unpaired) electrons. The summed E-state index contributed by atoms with van der Waals surface area (Å²) in [6.07, 6.45) is 4.14. The predicted molar refractivity (Wildman–Crippen MR) is 93.8 cm³/mol. The summed E-state index contributed by atoms with van der Waals surface area (Å²) < 4.78 is 16.8. The number of hydrogen-bond donors (Lipinski definition) is 1. The standard InChI is InChI=1S/C19H28N2O5/c1-24-19-3-2-15(22)11-17(19)21(5-4-19)18(23)14-10-16(26-13-14)12-20-6-8-25-9-7-20/h10,13,15,17,22H,2-9,11-12H2,1H3/t15-,17-,19+/m0/s1. The van der Waals surface area contributed by atoms with Crippen molar-refractivity contribution in [1.82, 2.24) is 9.80 Å². The Morgan fingerprint density at radius 3 is 2.92 bits per heavy atom. The van der Waals surface area contributed by atoms with Gasteiger partial charge in [0, 0.05) is 26.7 Å². The minimum Gasteiger partial charge on any atom is -0.467 e. The van der Waals surface area contributed by atoms with Crippen molar-refractivity contribution < 1.29 is 23.8 Å². The zero-order valence-electron chi connectivity index (χ0n) is 15.4. The number of carbonyl (C=O) groups is 1. The molecule has 3 heterocycles. The van der Waals surface area contributed by atoms with Crippen LogP contribution in [-0.2, 0) is 16.0 Å². The summed E-state index contributed by atoms with van der Waals surface area (Å²) in [5, 5.41) is 10.1. The minimum absolute atomic E-state index is 0.0278. The number of aliphatic hydroxyl groups is 1. The van der Waals surface area contributed by atoms with E-state index in [2.05, 4.69) is 4.90 Å². The van der Waals surface area contributed by atoms with E-state index >= 15 is 0 Å². The lowest BCUT2D eigenvalue weighted by molar-refractivity contribution is -0.0824. The first kappa shape index (κ1) is 18.0. The van der Waals surface area contributed by atoms with Crippen LogP contribution in [0.2, 0.25) is 0 Å². The van der Waals surface area contributed by atoms with Gasteiger partial charge in [-0.2, -0.15) is 0 Å². The summed E-state index contributed by atoms with van der Waals surface area (Å²) in [6, 6.07) is 1.78. The maximum Gasteiger partial charge on any atom is 0.257 e. The average Bonchev–Trinajstić information content (AvgIpc) is 3.27. The highest BCUT2D eigenvalue weighted by Gasteiger charge is 2.52. The third kappa shape index (κ3) is 3.29. The smallest absolute Gasteiger partial charge is 0.257 e. The van der Waals surface area contributed by atoms with Crippen molar-refractivity contribution in [2.75, 3.05) is 40.0 Å². The molecule has 0 aromatic carbocycles. The number of morpholine rings is 1. The Labute approximate surface area is 153 Å². The Balaban J connectivity index is 1.45. The average molecular weight is 364 g/mol. The second-order valence-electron chi connectivity index (χ2n) is 7.65. The number of ether oxygens (including phenoxy) is 2. The van der Waals surface area contributed by atoms with Crippen molar-refractivity contribution in [1.29, 1.82) is 0 Å². The summed E-state index contributed by atoms with van der Waals surface area (Å²) in [5.74, 6) is 0.774. The van der Waals surface area contributed by atoms with E-state index in [4.69, 9.17) is 13.9 Å². The molecule has 1 aromatic rings. The van der Waals surface area contributed by atoms with Gasteiger partial charge in [0.15, 0.2) is 0 Å². The Hall–Kier alpha value is -1.41. The molecule has 0 unspecified atom stereocenters. The quantitative estimate of drug-likeness (QED) is 0.867. The molecule has 4 rings (SSSR count). The number of hydrogen-bond acceptors (Lipinski definition) is 6. The van der Waals surface area contributed by atoms with Crippen molar-refractivity contribution in [2.24, 2.45) is 0 Å². The van der Waals surface area contributed by atoms with E-state index in [1.165, 1.54) is 0 Å². The van der Waals surface area contributed by atoms with Crippen molar-refractivity contribution >= 4 is 5.91 Å². The zero-order valence-corrected chi connectivity index (χ0v) is 15.4. The lowest BCUT2D eigenvalue weighted by atomic mass is 9.79. The molecule has 2 aliphatic heterocycles. The van der Waals surface area contributed by atoms with Gasteiger partial charge in [0.25, 0.3) is 5.91 Å². The van der Waals surface area contributed by atoms with Crippen molar-refractivity contribution in [3.63, 3.8) is 0 Å². The van der Waals surface area contributed by atoms with E-state index in [9.17, 15) is 9.90 Å². The highest BCUT2D eigenvalue weighted by molar-refractivity contribution is 5.94. The van der Waals surface area contributed by atoms with Crippen LogP contribution in [0, 0.1) is 0 Å². The number of likely N-dealkylation sites (tertiary alicyclic amines) is 1. The first-order valence-electron chi connectivity index (χ1n) is 9.53. The van der Waals surface area contributed by atoms with Gasteiger partial charge in [-0.15, -0.1) is 0 Å². The molecule has 1 amide bonds. The Morgan fingerprint density at radius 2 is 2.15 bits per heavy atom. The highest BCUT2D eigenvalue weighted by atomic mass is 16.5. The van der Waals surface area contributed by atoms with E-state index in [0.29, 0.717) is 25.1 Å². The van der Waals surface area contributed by atoms with Gasteiger partial charge in [0.05, 0.1) is 43.1 Å². The van der Waals surface area contributed by atoms with Gasteiger partial charge in [-0.1, -0.05) is 0 Å². The van der Waals surface area contributed by atoms with Crippen LogP contribution < -0.4 is 0 Å². The molecule has 1 aromatic heterocycles. The second kappa shape index (κ2) is 7.31. The van der Waals surface area contributed by atoms with Crippen LogP contribution in [0.1, 0.15) is 41.8 Å². The van der Waals surface area contributed by atoms with Crippen molar-refractivity contribution in [2.45, 2.75) is 50.0 Å². The fourth-order valence-electron chi connectivity index (χ4n) is 4.64. The van der Waals surface area contributed by atoms with Gasteiger partial charge in [0.1, 0.15) is 12.0 Å². The Bertz CT molecular complexity index is 642. The van der Waals surface area contributed by atoms with Gasteiger partial charge < -0.3 is 23.9 Å². The summed E-state index contributed by atoms with van der Waals surface area (Å²) in [7, 11) is 1.72. The van der Waals surface area contributed by atoms with Crippen LogP contribution in [0.3, 0.4) is 0 Å². The lowest BCUT2D eigenvalue weighted by Crippen LogP contribution is -2.52. The number of carbonyl (C=O) groups excluding carboxylic acids is 1. The van der Waals surface area contributed by atoms with Crippen LogP contribution in [0.4, 0.5) is 0 Å². The molecule has 2 saturated heterocycles. The van der Waals surface area contributed by atoms with Crippen LogP contribution in [0.5, 0.6) is 0 Å².